The largest absolute Gasteiger partial charge is 0.397 e. The number of anilines is 1. The van der Waals surface area contributed by atoms with Crippen molar-refractivity contribution in [2.45, 2.75) is 19.8 Å². The molecule has 20 heavy (non-hydrogen) atoms. The van der Waals surface area contributed by atoms with Gasteiger partial charge in [-0.25, -0.2) is 0 Å². The first-order chi connectivity index (χ1) is 9.67. The third-order valence-corrected chi connectivity index (χ3v) is 4.56. The average Bonchev–Trinajstić information content (AvgIpc) is 2.81. The van der Waals surface area contributed by atoms with E-state index in [0.717, 1.165) is 16.5 Å². The molecule has 108 valence electrons. The van der Waals surface area contributed by atoms with Crippen LogP contribution in [0.3, 0.4) is 0 Å². The molecule has 1 atom stereocenters. The molecule has 2 aromatic heterocycles. The number of nitrogens with zero attached hydrogens (tertiary/aromatic N) is 1. The van der Waals surface area contributed by atoms with Crippen molar-refractivity contribution >= 4 is 33.0 Å². The van der Waals surface area contributed by atoms with Gasteiger partial charge in [-0.05, 0) is 18.4 Å². The Kier molecular flexibility index (Phi) is 4.92. The number of rotatable bonds is 6. The third kappa shape index (κ3) is 3.08. The molecule has 0 aliphatic heterocycles. The second-order valence-corrected chi connectivity index (χ2v) is 5.77. The smallest absolute Gasteiger partial charge is 0.263 e. The van der Waals surface area contributed by atoms with E-state index in [2.05, 4.69) is 10.3 Å². The molecule has 0 saturated heterocycles. The van der Waals surface area contributed by atoms with Gasteiger partial charge in [-0.2, -0.15) is 0 Å². The summed E-state index contributed by atoms with van der Waals surface area (Å²) in [7, 11) is 0. The van der Waals surface area contributed by atoms with E-state index >= 15 is 0 Å². The summed E-state index contributed by atoms with van der Waals surface area (Å²) in [6.45, 7) is 2.75. The number of pyridine rings is 1. The molecule has 2 aromatic rings. The second kappa shape index (κ2) is 6.67. The molecule has 0 bridgehead atoms. The van der Waals surface area contributed by atoms with E-state index in [1.807, 2.05) is 13.0 Å². The minimum atomic E-state index is -0.153. The summed E-state index contributed by atoms with van der Waals surface area (Å²) in [5, 5.41) is 12.7. The number of nitrogens with two attached hydrogens (primary N) is 1. The number of carbonyl (C=O) groups excluding carboxylic acids is 1. The fraction of sp³-hybridized carbons (Fsp3) is 0.429. The molecule has 5 nitrogen and oxygen atoms in total. The van der Waals surface area contributed by atoms with E-state index in [-0.39, 0.29) is 12.5 Å². The van der Waals surface area contributed by atoms with E-state index in [1.54, 1.807) is 12.4 Å². The summed E-state index contributed by atoms with van der Waals surface area (Å²) < 4.78 is 0.914. The van der Waals surface area contributed by atoms with Gasteiger partial charge >= 0.3 is 0 Å². The molecule has 0 aliphatic carbocycles. The number of aliphatic hydroxyl groups is 1. The first-order valence-corrected chi connectivity index (χ1v) is 7.50. The van der Waals surface area contributed by atoms with Gasteiger partial charge in [0, 0.05) is 30.9 Å². The molecule has 2 heterocycles. The quantitative estimate of drug-likeness (QED) is 0.760. The molecule has 2 rings (SSSR count). The Bertz CT molecular complexity index is 597. The Labute approximate surface area is 121 Å². The van der Waals surface area contributed by atoms with Gasteiger partial charge in [-0.1, -0.05) is 13.3 Å². The van der Waals surface area contributed by atoms with Crippen LogP contribution < -0.4 is 11.1 Å². The molecule has 6 heteroatoms. The number of nitrogen functional groups attached to an aromatic ring is 1. The molecule has 0 aliphatic rings. The normalized spacial score (nSPS) is 12.5. The van der Waals surface area contributed by atoms with Gasteiger partial charge in [0.2, 0.25) is 0 Å². The van der Waals surface area contributed by atoms with E-state index in [4.69, 9.17) is 10.8 Å². The number of hydrogen-bond acceptors (Lipinski definition) is 5. The van der Waals surface area contributed by atoms with Crippen LogP contribution in [-0.2, 0) is 0 Å². The number of aliphatic hydroxyl groups excluding tert-OH is 1. The third-order valence-electron chi connectivity index (χ3n) is 3.40. The highest BCUT2D eigenvalue weighted by atomic mass is 32.1. The van der Waals surface area contributed by atoms with Crippen LogP contribution >= 0.6 is 11.3 Å². The van der Waals surface area contributed by atoms with Crippen LogP contribution in [-0.4, -0.2) is 29.1 Å². The van der Waals surface area contributed by atoms with Crippen LogP contribution in [0, 0.1) is 5.92 Å². The molecule has 0 fully saturated rings. The lowest BCUT2D eigenvalue weighted by Gasteiger charge is -2.13. The molecule has 4 N–H and O–H groups in total. The summed E-state index contributed by atoms with van der Waals surface area (Å²) in [4.78, 5) is 16.8. The SMILES string of the molecule is CCC(CCO)CNC(=O)c1sc2cnccc2c1N. The molecule has 1 amide bonds. The van der Waals surface area contributed by atoms with Crippen LogP contribution in [0.4, 0.5) is 5.69 Å². The van der Waals surface area contributed by atoms with Crippen LogP contribution in [0.5, 0.6) is 0 Å². The molecule has 0 aromatic carbocycles. The zero-order chi connectivity index (χ0) is 14.5. The Morgan fingerprint density at radius 3 is 3.05 bits per heavy atom. The first-order valence-electron chi connectivity index (χ1n) is 6.68. The monoisotopic (exact) mass is 293 g/mol. The van der Waals surface area contributed by atoms with Gasteiger partial charge < -0.3 is 16.2 Å². The van der Waals surface area contributed by atoms with Crippen molar-refractivity contribution < 1.29 is 9.90 Å². The number of amides is 1. The summed E-state index contributed by atoms with van der Waals surface area (Å²) in [5.74, 6) is 0.140. The van der Waals surface area contributed by atoms with Crippen molar-refractivity contribution in [3.05, 3.63) is 23.3 Å². The van der Waals surface area contributed by atoms with Crippen molar-refractivity contribution in [3.8, 4) is 0 Å². The molecule has 0 spiro atoms. The van der Waals surface area contributed by atoms with Crippen molar-refractivity contribution in [1.82, 2.24) is 10.3 Å². The molecule has 0 radical (unpaired) electrons. The number of thiophene rings is 1. The minimum Gasteiger partial charge on any atom is -0.397 e. The molecule has 1 unspecified atom stereocenters. The highest BCUT2D eigenvalue weighted by molar-refractivity contribution is 7.21. The average molecular weight is 293 g/mol. The lowest BCUT2D eigenvalue weighted by atomic mass is 10.0. The van der Waals surface area contributed by atoms with Gasteiger partial charge in [-0.3, -0.25) is 9.78 Å². The fourth-order valence-corrected chi connectivity index (χ4v) is 3.10. The maximum atomic E-state index is 12.2. The topological polar surface area (TPSA) is 88.2 Å². The standard InChI is InChI=1S/C14H19N3O2S/c1-2-9(4-6-18)7-17-14(19)13-12(15)10-3-5-16-8-11(10)20-13/h3,5,8-9,18H,2,4,6-7,15H2,1H3,(H,17,19). The summed E-state index contributed by atoms with van der Waals surface area (Å²) >= 11 is 1.36. The lowest BCUT2D eigenvalue weighted by molar-refractivity contribution is 0.0948. The number of fused-ring (bicyclic) bond motifs is 1. The molecular formula is C14H19N3O2S. The Morgan fingerprint density at radius 1 is 1.60 bits per heavy atom. The first kappa shape index (κ1) is 14.7. The van der Waals surface area contributed by atoms with Crippen molar-refractivity contribution in [2.24, 2.45) is 5.92 Å². The van der Waals surface area contributed by atoms with Crippen molar-refractivity contribution in [2.75, 3.05) is 18.9 Å². The zero-order valence-corrected chi connectivity index (χ0v) is 12.2. The van der Waals surface area contributed by atoms with Gasteiger partial charge in [-0.15, -0.1) is 11.3 Å². The van der Waals surface area contributed by atoms with Gasteiger partial charge in [0.1, 0.15) is 4.88 Å². The van der Waals surface area contributed by atoms with E-state index in [9.17, 15) is 4.79 Å². The van der Waals surface area contributed by atoms with E-state index < -0.39 is 0 Å². The number of nitrogens with one attached hydrogen (secondary N) is 1. The highest BCUT2D eigenvalue weighted by Gasteiger charge is 2.17. The highest BCUT2D eigenvalue weighted by Crippen LogP contribution is 2.32. The van der Waals surface area contributed by atoms with Gasteiger partial charge in [0.25, 0.3) is 5.91 Å². The fourth-order valence-electron chi connectivity index (χ4n) is 2.09. The Balaban J connectivity index is 2.09. The maximum Gasteiger partial charge on any atom is 0.263 e. The predicted octanol–water partition coefficient (Wildman–Crippen LogP) is 2.02. The van der Waals surface area contributed by atoms with Crippen LogP contribution in [0.25, 0.3) is 10.1 Å². The summed E-state index contributed by atoms with van der Waals surface area (Å²) in [6.07, 6.45) is 5.00. The Hall–Kier alpha value is -1.66. The Morgan fingerprint density at radius 2 is 2.40 bits per heavy atom. The van der Waals surface area contributed by atoms with Crippen LogP contribution in [0.1, 0.15) is 29.4 Å². The van der Waals surface area contributed by atoms with E-state index in [1.165, 1.54) is 11.3 Å². The zero-order valence-electron chi connectivity index (χ0n) is 11.4. The number of aromatic nitrogens is 1. The lowest BCUT2D eigenvalue weighted by Crippen LogP contribution is -2.29. The van der Waals surface area contributed by atoms with Crippen molar-refractivity contribution in [3.63, 3.8) is 0 Å². The number of carbonyl (C=O) groups is 1. The maximum absolute atomic E-state index is 12.2. The van der Waals surface area contributed by atoms with Crippen LogP contribution in [0.2, 0.25) is 0 Å². The molecule has 0 saturated carbocycles. The summed E-state index contributed by atoms with van der Waals surface area (Å²) in [5.41, 5.74) is 6.53. The molecular weight excluding hydrogens is 274 g/mol. The predicted molar refractivity (Wildman–Crippen MR) is 81.8 cm³/mol. The second-order valence-electron chi connectivity index (χ2n) is 4.71. The van der Waals surface area contributed by atoms with Gasteiger partial charge in [0.05, 0.1) is 10.4 Å². The van der Waals surface area contributed by atoms with Gasteiger partial charge in [0.15, 0.2) is 0 Å². The van der Waals surface area contributed by atoms with Crippen molar-refractivity contribution in [1.29, 1.82) is 0 Å². The number of hydrogen-bond donors (Lipinski definition) is 3. The minimum absolute atomic E-state index is 0.144. The van der Waals surface area contributed by atoms with E-state index in [0.29, 0.717) is 29.4 Å². The summed E-state index contributed by atoms with van der Waals surface area (Å²) in [6, 6.07) is 1.82. The van der Waals surface area contributed by atoms with Crippen LogP contribution in [0.15, 0.2) is 18.5 Å².